The van der Waals surface area contributed by atoms with Gasteiger partial charge in [0, 0.05) is 19.3 Å². The lowest BCUT2D eigenvalue weighted by Gasteiger charge is -2.37. The van der Waals surface area contributed by atoms with Crippen molar-refractivity contribution in [2.45, 2.75) is 39.3 Å². The van der Waals surface area contributed by atoms with Crippen molar-refractivity contribution < 1.29 is 9.53 Å². The van der Waals surface area contributed by atoms with Gasteiger partial charge in [-0.2, -0.15) is 0 Å². The molecule has 2 atom stereocenters. The SMILES string of the molecule is COc1ccc(CN2CCC[C@H]([C@@H](NC(=O)c3cccs3)c3ccccn3)C2)c(C)c1C. The first-order valence-corrected chi connectivity index (χ1v) is 12.1. The van der Waals surface area contributed by atoms with Crippen LogP contribution >= 0.6 is 11.3 Å². The molecule has 2 aromatic heterocycles. The van der Waals surface area contributed by atoms with Crippen molar-refractivity contribution >= 4 is 17.2 Å². The average Bonchev–Trinajstić information content (AvgIpc) is 3.37. The summed E-state index contributed by atoms with van der Waals surface area (Å²) in [6, 6.07) is 13.9. The summed E-state index contributed by atoms with van der Waals surface area (Å²) in [5.74, 6) is 1.23. The fraction of sp³-hybridized carbons (Fsp3) is 0.385. The maximum atomic E-state index is 12.9. The first kappa shape index (κ1) is 22.5. The number of aromatic nitrogens is 1. The first-order chi connectivity index (χ1) is 15.6. The predicted octanol–water partition coefficient (Wildman–Crippen LogP) is 5.15. The van der Waals surface area contributed by atoms with Gasteiger partial charge in [0.05, 0.1) is 23.7 Å². The fourth-order valence-electron chi connectivity index (χ4n) is 4.61. The van der Waals surface area contributed by atoms with Gasteiger partial charge in [-0.15, -0.1) is 11.3 Å². The van der Waals surface area contributed by atoms with E-state index in [0.29, 0.717) is 5.92 Å². The highest BCUT2D eigenvalue weighted by Crippen LogP contribution is 2.31. The standard InChI is InChI=1S/C26H31N3O2S/c1-18-19(2)23(31-3)12-11-20(18)16-29-14-6-8-21(17-29)25(22-9-4-5-13-27-22)28-26(30)24-10-7-15-32-24/h4-5,7,9-13,15,21,25H,6,8,14,16-17H2,1-3H3,(H,28,30)/t21-,25+/m0/s1. The molecule has 1 amide bonds. The number of pyridine rings is 1. The zero-order valence-electron chi connectivity index (χ0n) is 19.0. The number of thiophene rings is 1. The van der Waals surface area contributed by atoms with Gasteiger partial charge in [-0.05, 0) is 85.5 Å². The second-order valence-electron chi connectivity index (χ2n) is 8.50. The average molecular weight is 450 g/mol. The van der Waals surface area contributed by atoms with E-state index in [4.69, 9.17) is 4.74 Å². The summed E-state index contributed by atoms with van der Waals surface area (Å²) in [5.41, 5.74) is 4.76. The summed E-state index contributed by atoms with van der Waals surface area (Å²) >= 11 is 1.47. The predicted molar refractivity (Wildman–Crippen MR) is 129 cm³/mol. The van der Waals surface area contributed by atoms with Crippen LogP contribution < -0.4 is 10.1 Å². The number of rotatable bonds is 7. The molecule has 1 aliphatic rings. The molecular formula is C26H31N3O2S. The summed E-state index contributed by atoms with van der Waals surface area (Å²) in [4.78, 5) is 20.7. The highest BCUT2D eigenvalue weighted by molar-refractivity contribution is 7.12. The van der Waals surface area contributed by atoms with Crippen molar-refractivity contribution in [2.24, 2.45) is 5.92 Å². The minimum Gasteiger partial charge on any atom is -0.496 e. The van der Waals surface area contributed by atoms with Gasteiger partial charge < -0.3 is 10.1 Å². The van der Waals surface area contributed by atoms with E-state index in [-0.39, 0.29) is 11.9 Å². The van der Waals surface area contributed by atoms with Crippen LogP contribution in [0, 0.1) is 19.8 Å². The van der Waals surface area contributed by atoms with Crippen molar-refractivity contribution in [2.75, 3.05) is 20.2 Å². The molecule has 5 nitrogen and oxygen atoms in total. The highest BCUT2D eigenvalue weighted by atomic mass is 32.1. The smallest absolute Gasteiger partial charge is 0.261 e. The zero-order chi connectivity index (χ0) is 22.5. The van der Waals surface area contributed by atoms with Crippen LogP contribution in [0.25, 0.3) is 0 Å². The van der Waals surface area contributed by atoms with Crippen LogP contribution in [0.5, 0.6) is 5.75 Å². The third-order valence-corrected chi connectivity index (χ3v) is 7.38. The Balaban J connectivity index is 1.52. The van der Waals surface area contributed by atoms with Crippen molar-refractivity contribution in [3.63, 3.8) is 0 Å². The molecular weight excluding hydrogens is 418 g/mol. The summed E-state index contributed by atoms with van der Waals surface area (Å²) < 4.78 is 5.48. The number of carbonyl (C=O) groups excluding carboxylic acids is 1. The minimum absolute atomic E-state index is 0.0191. The van der Waals surface area contributed by atoms with Crippen LogP contribution in [0.3, 0.4) is 0 Å². The number of hydrogen-bond acceptors (Lipinski definition) is 5. The number of carbonyl (C=O) groups is 1. The topological polar surface area (TPSA) is 54.5 Å². The molecule has 0 spiro atoms. The molecule has 1 saturated heterocycles. The lowest BCUT2D eigenvalue weighted by Crippen LogP contribution is -2.43. The zero-order valence-corrected chi connectivity index (χ0v) is 19.8. The Hall–Kier alpha value is -2.70. The van der Waals surface area contributed by atoms with Gasteiger partial charge in [-0.3, -0.25) is 14.7 Å². The molecule has 0 saturated carbocycles. The Kier molecular flexibility index (Phi) is 7.22. The van der Waals surface area contributed by atoms with Gasteiger partial charge in [0.15, 0.2) is 0 Å². The molecule has 0 bridgehead atoms. The lowest BCUT2D eigenvalue weighted by atomic mass is 9.88. The molecule has 4 rings (SSSR count). The quantitative estimate of drug-likeness (QED) is 0.542. The number of methoxy groups -OCH3 is 1. The van der Waals surface area contributed by atoms with E-state index in [0.717, 1.165) is 48.8 Å². The minimum atomic E-state index is -0.104. The van der Waals surface area contributed by atoms with E-state index in [1.165, 1.54) is 28.0 Å². The van der Waals surface area contributed by atoms with Crippen molar-refractivity contribution in [1.29, 1.82) is 0 Å². The van der Waals surface area contributed by atoms with Crippen molar-refractivity contribution in [3.8, 4) is 5.75 Å². The third-order valence-electron chi connectivity index (χ3n) is 6.51. The number of hydrogen-bond donors (Lipinski definition) is 1. The van der Waals surface area contributed by atoms with Crippen LogP contribution in [-0.2, 0) is 6.54 Å². The molecule has 32 heavy (non-hydrogen) atoms. The van der Waals surface area contributed by atoms with Crippen molar-refractivity contribution in [3.05, 3.63) is 81.3 Å². The molecule has 168 valence electrons. The number of nitrogens with one attached hydrogen (secondary N) is 1. The van der Waals surface area contributed by atoms with Crippen LogP contribution in [0.1, 0.15) is 50.9 Å². The number of amides is 1. The van der Waals surface area contributed by atoms with E-state index >= 15 is 0 Å². The largest absolute Gasteiger partial charge is 0.496 e. The fourth-order valence-corrected chi connectivity index (χ4v) is 5.23. The summed E-state index contributed by atoms with van der Waals surface area (Å²) in [5, 5.41) is 5.23. The van der Waals surface area contributed by atoms with Crippen LogP contribution in [0.2, 0.25) is 0 Å². The van der Waals surface area contributed by atoms with E-state index in [2.05, 4.69) is 41.2 Å². The van der Waals surface area contributed by atoms with Gasteiger partial charge in [-0.25, -0.2) is 0 Å². The molecule has 0 radical (unpaired) electrons. The number of nitrogens with zero attached hydrogens (tertiary/aromatic N) is 2. The summed E-state index contributed by atoms with van der Waals surface area (Å²) in [6.07, 6.45) is 3.99. The molecule has 0 aliphatic carbocycles. The molecule has 0 unspecified atom stereocenters. The van der Waals surface area contributed by atoms with E-state index in [1.807, 2.05) is 41.9 Å². The van der Waals surface area contributed by atoms with Crippen molar-refractivity contribution in [1.82, 2.24) is 15.2 Å². The third kappa shape index (κ3) is 5.03. The van der Waals surface area contributed by atoms with Crippen LogP contribution in [0.4, 0.5) is 0 Å². The summed E-state index contributed by atoms with van der Waals surface area (Å²) in [6.45, 7) is 7.19. The van der Waals surface area contributed by atoms with E-state index < -0.39 is 0 Å². The Morgan fingerprint density at radius 2 is 2.09 bits per heavy atom. The molecule has 1 N–H and O–H groups in total. The summed E-state index contributed by atoms with van der Waals surface area (Å²) in [7, 11) is 1.72. The normalized spacial score (nSPS) is 17.7. The Morgan fingerprint density at radius 3 is 2.81 bits per heavy atom. The second-order valence-corrected chi connectivity index (χ2v) is 9.45. The van der Waals surface area contributed by atoms with Gasteiger partial charge in [0.2, 0.25) is 0 Å². The number of piperidine rings is 1. The maximum absolute atomic E-state index is 12.9. The highest BCUT2D eigenvalue weighted by Gasteiger charge is 2.31. The lowest BCUT2D eigenvalue weighted by molar-refractivity contribution is 0.0879. The second kappa shape index (κ2) is 10.3. The maximum Gasteiger partial charge on any atom is 0.261 e. The van der Waals surface area contributed by atoms with Gasteiger partial charge in [0.25, 0.3) is 5.91 Å². The molecule has 1 aliphatic heterocycles. The molecule has 3 aromatic rings. The number of ether oxygens (including phenoxy) is 1. The van der Waals surface area contributed by atoms with E-state index in [9.17, 15) is 4.79 Å². The number of likely N-dealkylation sites (tertiary alicyclic amines) is 1. The van der Waals surface area contributed by atoms with E-state index in [1.54, 1.807) is 7.11 Å². The molecule has 1 aromatic carbocycles. The Morgan fingerprint density at radius 1 is 1.22 bits per heavy atom. The van der Waals surface area contributed by atoms with Gasteiger partial charge in [-0.1, -0.05) is 18.2 Å². The monoisotopic (exact) mass is 449 g/mol. The first-order valence-electron chi connectivity index (χ1n) is 11.2. The van der Waals surface area contributed by atoms with Crippen LogP contribution in [-0.4, -0.2) is 36.0 Å². The van der Waals surface area contributed by atoms with Gasteiger partial charge >= 0.3 is 0 Å². The van der Waals surface area contributed by atoms with Gasteiger partial charge in [0.1, 0.15) is 5.75 Å². The number of benzene rings is 1. The molecule has 6 heteroatoms. The Labute approximate surface area is 194 Å². The van der Waals surface area contributed by atoms with Crippen LogP contribution in [0.15, 0.2) is 54.0 Å². The molecule has 3 heterocycles. The Bertz CT molecular complexity index is 1040. The molecule has 1 fully saturated rings.